The predicted octanol–water partition coefficient (Wildman–Crippen LogP) is 1.71. The van der Waals surface area contributed by atoms with Gasteiger partial charge >= 0.3 is 0 Å². The summed E-state index contributed by atoms with van der Waals surface area (Å²) in [4.78, 5) is 70.7. The predicted molar refractivity (Wildman–Crippen MR) is 184 cm³/mol. The zero-order chi connectivity index (χ0) is 34.4. The molecule has 0 radical (unpaired) electrons. The first-order valence-electron chi connectivity index (χ1n) is 17.0. The quantitative estimate of drug-likeness (QED) is 0.359. The molecule has 4 aliphatic heterocycles. The van der Waals surface area contributed by atoms with Crippen molar-refractivity contribution in [3.05, 3.63) is 86.8 Å². The molecule has 5 heterocycles. The summed E-state index contributed by atoms with van der Waals surface area (Å²) in [6.07, 6.45) is 2.94. The number of aryl methyl sites for hydroxylation is 1. The van der Waals surface area contributed by atoms with Gasteiger partial charge in [-0.2, -0.15) is 5.10 Å². The molecule has 3 saturated heterocycles. The highest BCUT2D eigenvalue weighted by atomic mass is 16.2. The molecule has 0 aliphatic carbocycles. The smallest absolute Gasteiger partial charge is 0.271 e. The molecule has 3 aromatic rings. The lowest BCUT2D eigenvalue weighted by Crippen LogP contribution is -2.54. The number of carbonyl (C=O) groups excluding carboxylic acids is 4. The number of piperazine rings is 1. The summed E-state index contributed by atoms with van der Waals surface area (Å²) >= 11 is 0. The number of imide groups is 2. The van der Waals surface area contributed by atoms with E-state index in [1.807, 2.05) is 13.0 Å². The maximum absolute atomic E-state index is 13.3. The molecule has 0 spiro atoms. The number of anilines is 2. The van der Waals surface area contributed by atoms with Crippen molar-refractivity contribution < 1.29 is 19.2 Å². The number of amides is 4. The summed E-state index contributed by atoms with van der Waals surface area (Å²) in [5, 5.41) is 10.0. The number of likely N-dealkylation sites (tertiary alicyclic amines) is 1. The number of carbonyl (C=O) groups is 4. The monoisotopic (exact) mass is 666 g/mol. The molecule has 13 nitrogen and oxygen atoms in total. The molecule has 13 heteroatoms. The number of nitrogens with zero attached hydrogens (tertiary/aromatic N) is 6. The van der Waals surface area contributed by atoms with Crippen LogP contribution in [0.25, 0.3) is 0 Å². The molecular weight excluding hydrogens is 624 g/mol. The number of likely N-dealkylation sites (N-methyl/N-ethyl adjacent to an activating group) is 1. The highest BCUT2D eigenvalue weighted by Gasteiger charge is 2.44. The molecule has 3 atom stereocenters. The van der Waals surface area contributed by atoms with Crippen LogP contribution in [0.3, 0.4) is 0 Å². The Morgan fingerprint density at radius 1 is 0.898 bits per heavy atom. The minimum atomic E-state index is -0.969. The normalized spacial score (nSPS) is 23.5. The number of hydrogen-bond acceptors (Lipinski definition) is 10. The maximum atomic E-state index is 13.3. The first kappa shape index (κ1) is 32.7. The Morgan fingerprint density at radius 3 is 2.37 bits per heavy atom. The van der Waals surface area contributed by atoms with Crippen molar-refractivity contribution in [2.24, 2.45) is 7.05 Å². The van der Waals surface area contributed by atoms with Gasteiger partial charge in [0.1, 0.15) is 6.04 Å². The van der Waals surface area contributed by atoms with Crippen LogP contribution >= 0.6 is 0 Å². The molecule has 0 saturated carbocycles. The largest absolute Gasteiger partial charge is 0.379 e. The van der Waals surface area contributed by atoms with Gasteiger partial charge in [-0.05, 0) is 62.1 Å². The molecule has 7 rings (SSSR count). The molecule has 0 bridgehead atoms. The van der Waals surface area contributed by atoms with E-state index in [1.165, 1.54) is 15.8 Å². The van der Waals surface area contributed by atoms with Crippen molar-refractivity contribution in [1.82, 2.24) is 29.8 Å². The zero-order valence-corrected chi connectivity index (χ0v) is 28.1. The van der Waals surface area contributed by atoms with E-state index in [1.54, 1.807) is 25.4 Å². The second kappa shape index (κ2) is 13.2. The van der Waals surface area contributed by atoms with Gasteiger partial charge in [0.05, 0.1) is 23.0 Å². The summed E-state index contributed by atoms with van der Waals surface area (Å²) in [7, 11) is 3.81. The molecule has 3 fully saturated rings. The molecule has 4 aliphatic rings. The van der Waals surface area contributed by atoms with Gasteiger partial charge in [-0.15, -0.1) is 0 Å². The lowest BCUT2D eigenvalue weighted by molar-refractivity contribution is -0.136. The van der Waals surface area contributed by atoms with Crippen LogP contribution in [0.15, 0.2) is 53.5 Å². The average molecular weight is 667 g/mol. The lowest BCUT2D eigenvalue weighted by atomic mass is 9.87. The fourth-order valence-electron chi connectivity index (χ4n) is 7.66. The van der Waals surface area contributed by atoms with E-state index < -0.39 is 23.8 Å². The molecular formula is C36H42N8O5. The summed E-state index contributed by atoms with van der Waals surface area (Å²) in [6, 6.07) is 13.5. The summed E-state index contributed by atoms with van der Waals surface area (Å²) in [6.45, 7) is 7.82. The van der Waals surface area contributed by atoms with Gasteiger partial charge in [-0.1, -0.05) is 24.3 Å². The van der Waals surface area contributed by atoms with E-state index >= 15 is 0 Å². The Kier molecular flexibility index (Phi) is 8.80. The van der Waals surface area contributed by atoms with Crippen LogP contribution in [-0.2, 0) is 23.2 Å². The average Bonchev–Trinajstić information content (AvgIpc) is 3.34. The second-order valence-corrected chi connectivity index (χ2v) is 13.8. The van der Waals surface area contributed by atoms with Gasteiger partial charge < -0.3 is 15.1 Å². The zero-order valence-electron chi connectivity index (χ0n) is 28.1. The minimum absolute atomic E-state index is 0.0831. The van der Waals surface area contributed by atoms with E-state index in [0.717, 1.165) is 68.5 Å². The Bertz CT molecular complexity index is 1870. The van der Waals surface area contributed by atoms with Gasteiger partial charge in [0.25, 0.3) is 17.4 Å². The number of fused-ring (bicyclic) bond motifs is 1. The molecule has 4 amide bonds. The SMILES string of the molecule is Cc1c(NC2CC(c3ccc(CN4CCN(c5ccc6c(c5)C(=O)N(C5CCC(=O)NC5=O)C6=O)CC4)cc3)CN(C)C2)cnn(C)c1=O. The number of rotatable bonds is 7. The highest BCUT2D eigenvalue weighted by molar-refractivity contribution is 6.23. The third-order valence-corrected chi connectivity index (χ3v) is 10.4. The molecule has 2 aromatic carbocycles. The Morgan fingerprint density at radius 2 is 1.63 bits per heavy atom. The van der Waals surface area contributed by atoms with Crippen LogP contribution in [0.2, 0.25) is 0 Å². The maximum Gasteiger partial charge on any atom is 0.271 e. The van der Waals surface area contributed by atoms with E-state index in [4.69, 9.17) is 0 Å². The van der Waals surface area contributed by atoms with E-state index in [9.17, 15) is 24.0 Å². The van der Waals surface area contributed by atoms with Crippen molar-refractivity contribution >= 4 is 35.0 Å². The van der Waals surface area contributed by atoms with Gasteiger partial charge in [0, 0.05) is 76.6 Å². The van der Waals surface area contributed by atoms with Gasteiger partial charge in [-0.3, -0.25) is 39.1 Å². The number of hydrogen-bond donors (Lipinski definition) is 2. The standard InChI is InChI=1S/C36H42N8O5/c1-22-30(18-37-41(3)34(22)47)38-26-16-25(20-40(2)21-26)24-6-4-23(5-7-24)19-42-12-14-43(15-13-42)27-8-9-28-29(17-27)36(49)44(35(28)48)31-10-11-32(45)39-33(31)46/h4-9,17-18,25-26,31,38H,10-16,19-21H2,1-3H3,(H,39,45,46). The highest BCUT2D eigenvalue weighted by Crippen LogP contribution is 2.32. The fraction of sp³-hybridized carbons (Fsp3) is 0.444. The summed E-state index contributed by atoms with van der Waals surface area (Å²) in [5.41, 5.74) is 5.44. The Balaban J connectivity index is 0.936. The Hall–Kier alpha value is -4.88. The molecule has 2 N–H and O–H groups in total. The number of piperidine rings is 2. The Labute approximate surface area is 284 Å². The van der Waals surface area contributed by atoms with Gasteiger partial charge in [0.2, 0.25) is 11.8 Å². The van der Waals surface area contributed by atoms with Crippen molar-refractivity contribution in [3.63, 3.8) is 0 Å². The molecule has 1 aromatic heterocycles. The fourth-order valence-corrected chi connectivity index (χ4v) is 7.66. The first-order chi connectivity index (χ1) is 23.5. The topological polar surface area (TPSA) is 140 Å². The van der Waals surface area contributed by atoms with Crippen LogP contribution in [0.1, 0.15) is 62.6 Å². The number of aromatic nitrogens is 2. The van der Waals surface area contributed by atoms with Crippen molar-refractivity contribution in [3.8, 4) is 0 Å². The third-order valence-electron chi connectivity index (χ3n) is 10.4. The number of benzene rings is 2. The summed E-state index contributed by atoms with van der Waals surface area (Å²) in [5.74, 6) is -1.59. The lowest BCUT2D eigenvalue weighted by Gasteiger charge is -2.37. The van der Waals surface area contributed by atoms with Crippen LogP contribution < -0.4 is 21.1 Å². The van der Waals surface area contributed by atoms with Gasteiger partial charge in [0.15, 0.2) is 0 Å². The van der Waals surface area contributed by atoms with Crippen LogP contribution in [0, 0.1) is 6.92 Å². The van der Waals surface area contributed by atoms with Crippen molar-refractivity contribution in [2.75, 3.05) is 56.5 Å². The van der Waals surface area contributed by atoms with E-state index in [2.05, 4.69) is 61.7 Å². The van der Waals surface area contributed by atoms with Crippen LogP contribution in [-0.4, -0.2) is 107 Å². The molecule has 256 valence electrons. The van der Waals surface area contributed by atoms with E-state index in [-0.39, 0.29) is 30.3 Å². The molecule has 49 heavy (non-hydrogen) atoms. The van der Waals surface area contributed by atoms with Crippen molar-refractivity contribution in [2.45, 2.75) is 50.7 Å². The third kappa shape index (κ3) is 6.47. The number of nitrogens with one attached hydrogen (secondary N) is 2. The van der Waals surface area contributed by atoms with Gasteiger partial charge in [-0.25, -0.2) is 4.68 Å². The van der Waals surface area contributed by atoms with E-state index in [0.29, 0.717) is 22.6 Å². The first-order valence-corrected chi connectivity index (χ1v) is 17.0. The second-order valence-electron chi connectivity index (χ2n) is 13.8. The minimum Gasteiger partial charge on any atom is -0.379 e. The van der Waals surface area contributed by atoms with Crippen LogP contribution in [0.4, 0.5) is 11.4 Å². The molecule has 3 unspecified atom stereocenters. The summed E-state index contributed by atoms with van der Waals surface area (Å²) < 4.78 is 1.36. The van der Waals surface area contributed by atoms with Crippen LogP contribution in [0.5, 0.6) is 0 Å². The van der Waals surface area contributed by atoms with Crippen molar-refractivity contribution in [1.29, 1.82) is 0 Å².